The van der Waals surface area contributed by atoms with Crippen LogP contribution in [0.5, 0.6) is 0 Å². The smallest absolute Gasteiger partial charge is 0.0446 e. The first-order chi connectivity index (χ1) is 7.69. The van der Waals surface area contributed by atoms with E-state index in [0.29, 0.717) is 12.1 Å². The van der Waals surface area contributed by atoms with Gasteiger partial charge in [0.2, 0.25) is 0 Å². The molecule has 0 bridgehead atoms. The number of hydrogen-bond donors (Lipinski definition) is 2. The summed E-state index contributed by atoms with van der Waals surface area (Å²) in [5.41, 5.74) is 0. The van der Waals surface area contributed by atoms with Gasteiger partial charge >= 0.3 is 0 Å². The molecule has 0 saturated heterocycles. The zero-order valence-corrected chi connectivity index (χ0v) is 11.5. The third-order valence-corrected chi connectivity index (χ3v) is 3.35. The van der Waals surface area contributed by atoms with Crippen LogP contribution in [0.15, 0.2) is 0 Å². The summed E-state index contributed by atoms with van der Waals surface area (Å²) >= 11 is 0. The van der Waals surface area contributed by atoms with E-state index in [1.165, 1.54) is 25.8 Å². The molecular formula is C13H30N2O. The molecule has 0 amide bonds. The van der Waals surface area contributed by atoms with Gasteiger partial charge in [0.1, 0.15) is 0 Å². The fourth-order valence-corrected chi connectivity index (χ4v) is 1.88. The summed E-state index contributed by atoms with van der Waals surface area (Å²) in [7, 11) is 1.98. The fraction of sp³-hybridized carbons (Fsp3) is 1.00. The maximum absolute atomic E-state index is 8.99. The van der Waals surface area contributed by atoms with E-state index >= 15 is 0 Å². The Bertz CT molecular complexity index is 153. The number of unbranched alkanes of at least 4 members (excludes halogenated alkanes) is 1. The second kappa shape index (κ2) is 10.1. The Balaban J connectivity index is 4.15. The van der Waals surface area contributed by atoms with Gasteiger partial charge in [0.15, 0.2) is 0 Å². The van der Waals surface area contributed by atoms with Crippen LogP contribution >= 0.6 is 0 Å². The molecule has 16 heavy (non-hydrogen) atoms. The van der Waals surface area contributed by atoms with E-state index in [4.69, 9.17) is 5.11 Å². The Morgan fingerprint density at radius 1 is 1.31 bits per heavy atom. The number of nitrogens with one attached hydrogen (secondary N) is 1. The van der Waals surface area contributed by atoms with E-state index in [1.54, 1.807) is 0 Å². The van der Waals surface area contributed by atoms with Crippen molar-refractivity contribution in [1.29, 1.82) is 0 Å². The molecule has 2 N–H and O–H groups in total. The summed E-state index contributed by atoms with van der Waals surface area (Å²) in [6.45, 7) is 9.26. The van der Waals surface area contributed by atoms with Crippen LogP contribution in [0.1, 0.15) is 46.5 Å². The maximum Gasteiger partial charge on any atom is 0.0446 e. The van der Waals surface area contributed by atoms with Crippen LogP contribution in [0.4, 0.5) is 0 Å². The summed E-state index contributed by atoms with van der Waals surface area (Å²) in [5.74, 6) is 0. The van der Waals surface area contributed by atoms with Gasteiger partial charge in [0.05, 0.1) is 0 Å². The monoisotopic (exact) mass is 230 g/mol. The van der Waals surface area contributed by atoms with Gasteiger partial charge in [-0.3, -0.25) is 4.90 Å². The van der Waals surface area contributed by atoms with E-state index in [-0.39, 0.29) is 6.61 Å². The lowest BCUT2D eigenvalue weighted by Crippen LogP contribution is -2.44. The number of rotatable bonds is 10. The fourth-order valence-electron chi connectivity index (χ4n) is 1.88. The molecule has 3 heteroatoms. The van der Waals surface area contributed by atoms with Crippen molar-refractivity contribution in [3.05, 3.63) is 0 Å². The normalized spacial score (nSPS) is 15.4. The third kappa shape index (κ3) is 6.46. The molecule has 0 saturated carbocycles. The summed E-state index contributed by atoms with van der Waals surface area (Å²) < 4.78 is 0. The van der Waals surface area contributed by atoms with Gasteiger partial charge in [-0.2, -0.15) is 0 Å². The lowest BCUT2D eigenvalue weighted by Gasteiger charge is -2.31. The Kier molecular flexibility index (Phi) is 9.99. The summed E-state index contributed by atoms with van der Waals surface area (Å²) in [4.78, 5) is 2.54. The van der Waals surface area contributed by atoms with Gasteiger partial charge in [-0.15, -0.1) is 0 Å². The molecule has 98 valence electrons. The summed E-state index contributed by atoms with van der Waals surface area (Å²) in [6.07, 6.45) is 4.55. The first kappa shape index (κ1) is 15.9. The SMILES string of the molecule is CCCCN(CC(CCO)NC)C(C)CC. The lowest BCUT2D eigenvalue weighted by molar-refractivity contribution is 0.167. The van der Waals surface area contributed by atoms with Crippen molar-refractivity contribution < 1.29 is 5.11 Å². The molecule has 0 aliphatic heterocycles. The molecule has 2 atom stereocenters. The Morgan fingerprint density at radius 2 is 2.00 bits per heavy atom. The highest BCUT2D eigenvalue weighted by Crippen LogP contribution is 2.08. The Hall–Kier alpha value is -0.120. The number of aliphatic hydroxyl groups is 1. The molecule has 0 heterocycles. The third-order valence-electron chi connectivity index (χ3n) is 3.35. The molecule has 0 aliphatic carbocycles. The maximum atomic E-state index is 8.99. The molecule has 0 aromatic carbocycles. The highest BCUT2D eigenvalue weighted by Gasteiger charge is 2.16. The number of hydrogen-bond acceptors (Lipinski definition) is 3. The molecule has 0 rings (SSSR count). The predicted octanol–water partition coefficient (Wildman–Crippen LogP) is 1.86. The van der Waals surface area contributed by atoms with E-state index in [0.717, 1.165) is 13.0 Å². The second-order valence-electron chi connectivity index (χ2n) is 4.60. The molecule has 2 unspecified atom stereocenters. The average Bonchev–Trinajstić information content (AvgIpc) is 2.32. The van der Waals surface area contributed by atoms with Crippen molar-refractivity contribution in [3.63, 3.8) is 0 Å². The zero-order chi connectivity index (χ0) is 12.4. The van der Waals surface area contributed by atoms with Crippen molar-refractivity contribution in [2.45, 2.75) is 58.5 Å². The number of aliphatic hydroxyl groups excluding tert-OH is 1. The quantitative estimate of drug-likeness (QED) is 0.601. The molecule has 0 fully saturated rings. The van der Waals surface area contributed by atoms with Crippen LogP contribution in [-0.4, -0.2) is 48.8 Å². The number of likely N-dealkylation sites (N-methyl/N-ethyl adjacent to an activating group) is 1. The van der Waals surface area contributed by atoms with Crippen molar-refractivity contribution in [2.24, 2.45) is 0 Å². The highest BCUT2D eigenvalue weighted by atomic mass is 16.3. The van der Waals surface area contributed by atoms with Gasteiger partial charge in [0.25, 0.3) is 0 Å². The second-order valence-corrected chi connectivity index (χ2v) is 4.60. The van der Waals surface area contributed by atoms with Crippen LogP contribution in [0.3, 0.4) is 0 Å². The van der Waals surface area contributed by atoms with Crippen molar-refractivity contribution >= 4 is 0 Å². The Labute approximate surface area is 101 Å². The minimum atomic E-state index is 0.271. The minimum Gasteiger partial charge on any atom is -0.396 e. The largest absolute Gasteiger partial charge is 0.396 e. The van der Waals surface area contributed by atoms with Crippen LogP contribution in [0.2, 0.25) is 0 Å². The van der Waals surface area contributed by atoms with Gasteiger partial charge in [-0.05, 0) is 39.8 Å². The highest BCUT2D eigenvalue weighted by molar-refractivity contribution is 4.74. The first-order valence-electron chi connectivity index (χ1n) is 6.71. The molecule has 0 aromatic heterocycles. The summed E-state index contributed by atoms with van der Waals surface area (Å²) in [5, 5.41) is 12.3. The van der Waals surface area contributed by atoms with E-state index in [2.05, 4.69) is 31.0 Å². The van der Waals surface area contributed by atoms with Crippen molar-refractivity contribution in [3.8, 4) is 0 Å². The van der Waals surface area contributed by atoms with Gasteiger partial charge in [-0.1, -0.05) is 20.3 Å². The van der Waals surface area contributed by atoms with E-state index in [9.17, 15) is 0 Å². The van der Waals surface area contributed by atoms with Gasteiger partial charge < -0.3 is 10.4 Å². The zero-order valence-electron chi connectivity index (χ0n) is 11.5. The Morgan fingerprint density at radius 3 is 2.44 bits per heavy atom. The van der Waals surface area contributed by atoms with Crippen LogP contribution in [0.25, 0.3) is 0 Å². The minimum absolute atomic E-state index is 0.271. The van der Waals surface area contributed by atoms with E-state index in [1.807, 2.05) is 7.05 Å². The first-order valence-corrected chi connectivity index (χ1v) is 6.71. The number of nitrogens with zero attached hydrogens (tertiary/aromatic N) is 1. The predicted molar refractivity (Wildman–Crippen MR) is 70.8 cm³/mol. The van der Waals surface area contributed by atoms with Crippen molar-refractivity contribution in [2.75, 3.05) is 26.7 Å². The lowest BCUT2D eigenvalue weighted by atomic mass is 10.1. The van der Waals surface area contributed by atoms with Gasteiger partial charge in [0, 0.05) is 25.2 Å². The van der Waals surface area contributed by atoms with Crippen LogP contribution in [-0.2, 0) is 0 Å². The standard InChI is InChI=1S/C13H30N2O/c1-5-7-9-15(12(3)6-2)11-13(14-4)8-10-16/h12-14,16H,5-11H2,1-4H3. The van der Waals surface area contributed by atoms with Gasteiger partial charge in [-0.25, -0.2) is 0 Å². The van der Waals surface area contributed by atoms with E-state index < -0.39 is 0 Å². The molecular weight excluding hydrogens is 200 g/mol. The molecule has 0 aliphatic rings. The average molecular weight is 230 g/mol. The topological polar surface area (TPSA) is 35.5 Å². The van der Waals surface area contributed by atoms with Crippen LogP contribution < -0.4 is 5.32 Å². The summed E-state index contributed by atoms with van der Waals surface area (Å²) in [6, 6.07) is 1.05. The molecule has 3 nitrogen and oxygen atoms in total. The van der Waals surface area contributed by atoms with Crippen LogP contribution in [0, 0.1) is 0 Å². The molecule has 0 spiro atoms. The molecule has 0 aromatic rings. The van der Waals surface area contributed by atoms with Crippen molar-refractivity contribution in [1.82, 2.24) is 10.2 Å². The molecule has 0 radical (unpaired) electrons.